The summed E-state index contributed by atoms with van der Waals surface area (Å²) in [6.07, 6.45) is 4.48. The van der Waals surface area contributed by atoms with E-state index in [1.54, 1.807) is 17.1 Å². The number of aromatic nitrogens is 1. The summed E-state index contributed by atoms with van der Waals surface area (Å²) >= 11 is 0. The second-order valence-corrected chi connectivity index (χ2v) is 7.93. The van der Waals surface area contributed by atoms with Gasteiger partial charge in [-0.2, -0.15) is 0 Å². The van der Waals surface area contributed by atoms with Crippen LogP contribution >= 0.6 is 0 Å². The SMILES string of the molecule is C=Cc1cccc2cc(C(=O)N3C[C@H]4C[C@@]45C3=CC(=O)c3ccccc35)[nH]c12. The van der Waals surface area contributed by atoms with Crippen molar-refractivity contribution in [2.75, 3.05) is 6.54 Å². The zero-order chi connectivity index (χ0) is 19.0. The number of rotatable bonds is 2. The zero-order valence-electron chi connectivity index (χ0n) is 15.2. The molecule has 1 aromatic heterocycles. The molecule has 1 spiro atoms. The van der Waals surface area contributed by atoms with Gasteiger partial charge in [-0.1, -0.05) is 55.1 Å². The average Bonchev–Trinajstić information content (AvgIpc) is 3.10. The first-order valence-electron chi connectivity index (χ1n) is 9.55. The number of nitrogens with zero attached hydrogens (tertiary/aromatic N) is 1. The third-order valence-corrected chi connectivity index (χ3v) is 6.58. The molecule has 1 amide bonds. The topological polar surface area (TPSA) is 53.2 Å². The summed E-state index contributed by atoms with van der Waals surface area (Å²) in [5, 5.41) is 0.985. The van der Waals surface area contributed by atoms with Gasteiger partial charge in [-0.15, -0.1) is 0 Å². The molecule has 4 heteroatoms. The van der Waals surface area contributed by atoms with E-state index in [9.17, 15) is 9.59 Å². The van der Waals surface area contributed by atoms with Crippen molar-refractivity contribution >= 4 is 28.7 Å². The number of piperidine rings is 1. The van der Waals surface area contributed by atoms with Gasteiger partial charge >= 0.3 is 0 Å². The number of carbonyl (C=O) groups is 2. The number of benzene rings is 2. The third kappa shape index (κ3) is 1.80. The minimum atomic E-state index is -0.154. The summed E-state index contributed by atoms with van der Waals surface area (Å²) in [5.41, 5.74) is 5.02. The number of hydrogen-bond acceptors (Lipinski definition) is 2. The van der Waals surface area contributed by atoms with Crippen molar-refractivity contribution in [2.45, 2.75) is 11.8 Å². The number of hydrogen-bond donors (Lipinski definition) is 1. The van der Waals surface area contributed by atoms with Crippen molar-refractivity contribution < 1.29 is 9.59 Å². The molecule has 2 fully saturated rings. The van der Waals surface area contributed by atoms with E-state index >= 15 is 0 Å². The summed E-state index contributed by atoms with van der Waals surface area (Å²) < 4.78 is 0. The van der Waals surface area contributed by atoms with Gasteiger partial charge in [0.15, 0.2) is 5.78 Å². The number of nitrogens with one attached hydrogen (secondary N) is 1. The van der Waals surface area contributed by atoms with Crippen molar-refractivity contribution in [3.63, 3.8) is 0 Å². The van der Waals surface area contributed by atoms with Crippen LogP contribution in [0.5, 0.6) is 0 Å². The Balaban J connectivity index is 1.44. The maximum absolute atomic E-state index is 13.4. The fourth-order valence-electron chi connectivity index (χ4n) is 5.19. The lowest BCUT2D eigenvalue weighted by Gasteiger charge is -2.29. The summed E-state index contributed by atoms with van der Waals surface area (Å²) in [7, 11) is 0. The maximum Gasteiger partial charge on any atom is 0.274 e. The predicted octanol–water partition coefficient (Wildman–Crippen LogP) is 4.30. The van der Waals surface area contributed by atoms with Crippen LogP contribution in [0.4, 0.5) is 0 Å². The van der Waals surface area contributed by atoms with Crippen LogP contribution in [0.15, 0.2) is 66.9 Å². The molecule has 28 heavy (non-hydrogen) atoms. The van der Waals surface area contributed by atoms with Gasteiger partial charge in [0.05, 0.1) is 5.52 Å². The summed E-state index contributed by atoms with van der Waals surface area (Å²) in [6, 6.07) is 15.6. The zero-order valence-corrected chi connectivity index (χ0v) is 15.2. The largest absolute Gasteiger partial charge is 0.350 e. The van der Waals surface area contributed by atoms with E-state index in [0.717, 1.165) is 39.7 Å². The fraction of sp³-hybridized carbons (Fsp3) is 0.167. The van der Waals surface area contributed by atoms with E-state index in [4.69, 9.17) is 0 Å². The Labute approximate surface area is 162 Å². The minimum absolute atomic E-state index is 0.00725. The van der Waals surface area contributed by atoms with Crippen molar-refractivity contribution in [3.8, 4) is 0 Å². The molecular weight excluding hydrogens is 348 g/mol. The van der Waals surface area contributed by atoms with E-state index in [1.165, 1.54) is 0 Å². The summed E-state index contributed by atoms with van der Waals surface area (Å²) in [4.78, 5) is 31.1. The molecule has 3 aromatic rings. The van der Waals surface area contributed by atoms with Crippen molar-refractivity contribution in [3.05, 3.63) is 89.3 Å². The van der Waals surface area contributed by atoms with Crippen LogP contribution in [0.1, 0.15) is 38.4 Å². The highest BCUT2D eigenvalue weighted by Gasteiger charge is 2.67. The lowest BCUT2D eigenvalue weighted by molar-refractivity contribution is 0.0806. The first-order valence-corrected chi connectivity index (χ1v) is 9.55. The molecule has 1 saturated carbocycles. The normalized spacial score (nSPS) is 24.4. The third-order valence-electron chi connectivity index (χ3n) is 6.58. The number of likely N-dealkylation sites (tertiary alicyclic amines) is 1. The number of carbonyl (C=O) groups excluding carboxylic acids is 2. The van der Waals surface area contributed by atoms with Gasteiger partial charge in [0.25, 0.3) is 5.91 Å². The molecule has 2 heterocycles. The smallest absolute Gasteiger partial charge is 0.274 e. The first-order chi connectivity index (χ1) is 13.6. The van der Waals surface area contributed by atoms with E-state index in [2.05, 4.69) is 11.6 Å². The number of para-hydroxylation sites is 1. The van der Waals surface area contributed by atoms with Crippen LogP contribution in [0, 0.1) is 5.92 Å². The van der Waals surface area contributed by atoms with Crippen LogP contribution in [-0.2, 0) is 5.41 Å². The van der Waals surface area contributed by atoms with E-state index in [1.807, 2.05) is 48.5 Å². The minimum Gasteiger partial charge on any atom is -0.350 e. The van der Waals surface area contributed by atoms with Crippen molar-refractivity contribution in [1.82, 2.24) is 9.88 Å². The Morgan fingerprint density at radius 3 is 2.93 bits per heavy atom. The van der Waals surface area contributed by atoms with E-state index in [0.29, 0.717) is 18.2 Å². The maximum atomic E-state index is 13.4. The molecular formula is C24H18N2O2. The van der Waals surface area contributed by atoms with E-state index in [-0.39, 0.29) is 17.1 Å². The van der Waals surface area contributed by atoms with Gasteiger partial charge in [0, 0.05) is 34.7 Å². The number of allylic oxidation sites excluding steroid dienone is 2. The highest BCUT2D eigenvalue weighted by Crippen LogP contribution is 2.66. The van der Waals surface area contributed by atoms with Gasteiger partial charge in [0.2, 0.25) is 0 Å². The van der Waals surface area contributed by atoms with Gasteiger partial charge < -0.3 is 9.88 Å². The number of amides is 1. The predicted molar refractivity (Wildman–Crippen MR) is 108 cm³/mol. The highest BCUT2D eigenvalue weighted by molar-refractivity contribution is 6.10. The van der Waals surface area contributed by atoms with Crippen molar-refractivity contribution in [1.29, 1.82) is 0 Å². The number of ketones is 1. The van der Waals surface area contributed by atoms with Crippen molar-refractivity contribution in [2.24, 2.45) is 5.92 Å². The molecule has 136 valence electrons. The quantitative estimate of drug-likeness (QED) is 0.735. The van der Waals surface area contributed by atoms with Gasteiger partial charge in [0.1, 0.15) is 5.69 Å². The Hall–Kier alpha value is -3.40. The molecule has 1 saturated heterocycles. The molecule has 1 N–H and O–H groups in total. The Bertz CT molecular complexity index is 1250. The van der Waals surface area contributed by atoms with Gasteiger partial charge in [-0.05, 0) is 29.5 Å². The van der Waals surface area contributed by atoms with Crippen LogP contribution in [0.2, 0.25) is 0 Å². The molecule has 0 radical (unpaired) electrons. The number of fused-ring (bicyclic) bond motifs is 2. The summed E-state index contributed by atoms with van der Waals surface area (Å²) in [6.45, 7) is 4.51. The summed E-state index contributed by atoms with van der Waals surface area (Å²) in [5.74, 6) is 0.313. The standard InChI is InChI=1S/C24H18N2O2/c1-2-14-6-5-7-15-10-19(25-22(14)15)23(28)26-13-16-12-24(16)18-9-4-3-8-17(18)20(27)11-21(24)26/h2-11,16,25H,1,12-13H2/t16-,24-/m1/s1. The second-order valence-electron chi connectivity index (χ2n) is 7.93. The second kappa shape index (κ2) is 5.10. The molecule has 0 unspecified atom stereocenters. The monoisotopic (exact) mass is 366 g/mol. The lowest BCUT2D eigenvalue weighted by Crippen LogP contribution is -2.33. The first kappa shape index (κ1) is 15.6. The van der Waals surface area contributed by atoms with Gasteiger partial charge in [-0.3, -0.25) is 9.59 Å². The molecule has 2 aliphatic carbocycles. The molecule has 3 aliphatic rings. The molecule has 2 atom stereocenters. The van der Waals surface area contributed by atoms with E-state index < -0.39 is 0 Å². The molecule has 6 rings (SSSR count). The Morgan fingerprint density at radius 2 is 2.07 bits per heavy atom. The van der Waals surface area contributed by atoms with Crippen LogP contribution < -0.4 is 0 Å². The van der Waals surface area contributed by atoms with Gasteiger partial charge in [-0.25, -0.2) is 0 Å². The van der Waals surface area contributed by atoms with Crippen LogP contribution in [0.3, 0.4) is 0 Å². The molecule has 1 aliphatic heterocycles. The highest BCUT2D eigenvalue weighted by atomic mass is 16.2. The molecule has 4 nitrogen and oxygen atoms in total. The lowest BCUT2D eigenvalue weighted by atomic mass is 9.81. The van der Waals surface area contributed by atoms with Crippen LogP contribution in [-0.4, -0.2) is 28.1 Å². The average molecular weight is 366 g/mol. The Morgan fingerprint density at radius 1 is 1.21 bits per heavy atom. The number of aromatic amines is 1. The van der Waals surface area contributed by atoms with Crippen LogP contribution in [0.25, 0.3) is 17.0 Å². The Kier molecular flexibility index (Phi) is 2.85. The molecule has 0 bridgehead atoms. The fourth-order valence-corrected chi connectivity index (χ4v) is 5.19. The molecule has 2 aromatic carbocycles. The number of H-pyrrole nitrogens is 1.